The molecule has 36 heavy (non-hydrogen) atoms. The van der Waals surface area contributed by atoms with E-state index in [0.29, 0.717) is 21.5 Å². The van der Waals surface area contributed by atoms with Crippen LogP contribution < -0.4 is 9.64 Å². The number of fused-ring (bicyclic) bond motifs is 1. The molecule has 9 nitrogen and oxygen atoms in total. The van der Waals surface area contributed by atoms with Gasteiger partial charge in [-0.1, -0.05) is 11.3 Å². The van der Waals surface area contributed by atoms with Crippen molar-refractivity contribution in [3.63, 3.8) is 0 Å². The van der Waals surface area contributed by atoms with Crippen LogP contribution in [0.25, 0.3) is 16.0 Å². The quantitative estimate of drug-likeness (QED) is 0.133. The summed E-state index contributed by atoms with van der Waals surface area (Å²) < 4.78 is 19.3. The number of nitrogens with zero attached hydrogens (tertiary/aromatic N) is 3. The highest BCUT2D eigenvalue weighted by molar-refractivity contribution is 7.22. The van der Waals surface area contributed by atoms with E-state index in [1.165, 1.54) is 61.7 Å². The Bertz CT molecular complexity index is 1560. The fourth-order valence-corrected chi connectivity index (χ4v) is 5.03. The molecule has 1 N–H and O–H groups in total. The number of rotatable bonds is 5. The number of ether oxygens (including phenoxy) is 1. The van der Waals surface area contributed by atoms with E-state index in [-0.39, 0.29) is 22.0 Å². The number of hydrogen-bond acceptors (Lipinski definition) is 8. The highest BCUT2D eigenvalue weighted by Crippen LogP contribution is 2.44. The average molecular weight is 505 g/mol. The number of halogens is 1. The topological polar surface area (TPSA) is 123 Å². The number of benzene rings is 3. The van der Waals surface area contributed by atoms with Gasteiger partial charge < -0.3 is 9.84 Å². The maximum absolute atomic E-state index is 13.8. The van der Waals surface area contributed by atoms with Crippen molar-refractivity contribution in [2.45, 2.75) is 6.04 Å². The summed E-state index contributed by atoms with van der Waals surface area (Å²) in [6.07, 6.45) is 0. The molecule has 1 atom stereocenters. The van der Waals surface area contributed by atoms with Crippen LogP contribution in [0.1, 0.15) is 17.2 Å². The summed E-state index contributed by atoms with van der Waals surface area (Å²) in [6, 6.07) is 14.4. The van der Waals surface area contributed by atoms with E-state index in [4.69, 9.17) is 4.74 Å². The summed E-state index contributed by atoms with van der Waals surface area (Å²) in [5.41, 5.74) is 0.661. The van der Waals surface area contributed by atoms with E-state index in [9.17, 15) is 29.2 Å². The fraction of sp³-hybridized carbons (Fsp3) is 0.0800. The Balaban J connectivity index is 1.70. The summed E-state index contributed by atoms with van der Waals surface area (Å²) in [4.78, 5) is 42.6. The molecule has 11 heteroatoms. The Kier molecular flexibility index (Phi) is 5.69. The average Bonchev–Trinajstić information content (AvgIpc) is 3.41. The first-order valence-electron chi connectivity index (χ1n) is 10.5. The van der Waals surface area contributed by atoms with Crippen molar-refractivity contribution in [2.24, 2.45) is 0 Å². The lowest BCUT2D eigenvalue weighted by Gasteiger charge is -2.22. The van der Waals surface area contributed by atoms with Crippen LogP contribution in [0.3, 0.4) is 0 Å². The van der Waals surface area contributed by atoms with Gasteiger partial charge in [-0.05, 0) is 60.2 Å². The van der Waals surface area contributed by atoms with Gasteiger partial charge in [-0.15, -0.1) is 0 Å². The van der Waals surface area contributed by atoms with Gasteiger partial charge in [-0.3, -0.25) is 24.6 Å². The third-order valence-electron chi connectivity index (χ3n) is 5.77. The molecule has 1 aromatic heterocycles. The first-order chi connectivity index (χ1) is 17.3. The minimum absolute atomic E-state index is 0.120. The lowest BCUT2D eigenvalue weighted by atomic mass is 9.95. The molecule has 5 rings (SSSR count). The standard InChI is InChI=1S/C25H16FN3O6S/c1-35-17-9-4-14(5-10-17)22(30)20-21(13-2-7-16(8-3-13)29(33)34)28(24(32)23(20)31)25-27-18-11-6-15(26)12-19(18)36-25/h2-12,21,30H,1H3. The van der Waals surface area contributed by atoms with Crippen LogP contribution in [-0.4, -0.2) is 33.8 Å². The Hall–Kier alpha value is -4.64. The SMILES string of the molecule is COc1ccc(C(O)=C2C(=O)C(=O)N(c3nc4ccc(F)cc4s3)C2c2ccc([N+](=O)[O-])cc2)cc1. The van der Waals surface area contributed by atoms with E-state index in [2.05, 4.69) is 4.98 Å². The number of aromatic nitrogens is 1. The monoisotopic (exact) mass is 505 g/mol. The lowest BCUT2D eigenvalue weighted by molar-refractivity contribution is -0.384. The molecular formula is C25H16FN3O6S. The smallest absolute Gasteiger partial charge is 0.301 e. The van der Waals surface area contributed by atoms with Crippen molar-refractivity contribution in [2.75, 3.05) is 12.0 Å². The zero-order chi connectivity index (χ0) is 25.6. The number of aliphatic hydroxyl groups is 1. The molecule has 1 saturated heterocycles. The number of ketones is 1. The number of nitro groups is 1. The van der Waals surface area contributed by atoms with Crippen LogP contribution in [0.4, 0.5) is 15.2 Å². The second-order valence-electron chi connectivity index (χ2n) is 7.85. The second kappa shape index (κ2) is 8.86. The summed E-state index contributed by atoms with van der Waals surface area (Å²) >= 11 is 1.01. The van der Waals surface area contributed by atoms with Crippen molar-refractivity contribution >= 4 is 49.8 Å². The number of Topliss-reactive ketones (excluding diaryl/α,β-unsaturated/α-hetero) is 1. The molecule has 1 aliphatic rings. The minimum Gasteiger partial charge on any atom is -0.507 e. The molecule has 1 amide bonds. The van der Waals surface area contributed by atoms with Gasteiger partial charge in [0.05, 0.1) is 33.9 Å². The molecule has 1 unspecified atom stereocenters. The molecule has 0 radical (unpaired) electrons. The first-order valence-corrected chi connectivity index (χ1v) is 11.4. The van der Waals surface area contributed by atoms with E-state index in [1.807, 2.05) is 0 Å². The molecule has 3 aromatic carbocycles. The van der Waals surface area contributed by atoms with Gasteiger partial charge in [0.1, 0.15) is 17.3 Å². The second-order valence-corrected chi connectivity index (χ2v) is 8.86. The van der Waals surface area contributed by atoms with Gasteiger partial charge >= 0.3 is 5.91 Å². The molecular weight excluding hydrogens is 489 g/mol. The summed E-state index contributed by atoms with van der Waals surface area (Å²) in [7, 11) is 1.48. The van der Waals surface area contributed by atoms with Gasteiger partial charge in [-0.2, -0.15) is 0 Å². The molecule has 180 valence electrons. The van der Waals surface area contributed by atoms with Crippen molar-refractivity contribution in [3.8, 4) is 5.75 Å². The summed E-state index contributed by atoms with van der Waals surface area (Å²) in [5.74, 6) is -2.26. The Morgan fingerprint density at radius 1 is 1.11 bits per heavy atom. The van der Waals surface area contributed by atoms with E-state index >= 15 is 0 Å². The third-order valence-corrected chi connectivity index (χ3v) is 6.79. The summed E-state index contributed by atoms with van der Waals surface area (Å²) in [6.45, 7) is 0. The number of hydrogen-bond donors (Lipinski definition) is 1. The number of carbonyl (C=O) groups is 2. The highest BCUT2D eigenvalue weighted by Gasteiger charge is 2.48. The molecule has 1 aliphatic heterocycles. The van der Waals surface area contributed by atoms with Gasteiger partial charge in [0, 0.05) is 17.7 Å². The highest BCUT2D eigenvalue weighted by atomic mass is 32.1. The zero-order valence-corrected chi connectivity index (χ0v) is 19.4. The number of aliphatic hydroxyl groups excluding tert-OH is 1. The van der Waals surface area contributed by atoms with Crippen LogP contribution in [0, 0.1) is 15.9 Å². The van der Waals surface area contributed by atoms with Crippen molar-refractivity contribution in [1.82, 2.24) is 4.98 Å². The number of anilines is 1. The molecule has 0 saturated carbocycles. The van der Waals surface area contributed by atoms with Gasteiger partial charge in [0.15, 0.2) is 5.13 Å². The molecule has 0 spiro atoms. The third kappa shape index (κ3) is 3.85. The van der Waals surface area contributed by atoms with Crippen LogP contribution in [0.2, 0.25) is 0 Å². The van der Waals surface area contributed by atoms with Gasteiger partial charge in [0.2, 0.25) is 0 Å². The molecule has 0 bridgehead atoms. The van der Waals surface area contributed by atoms with Crippen LogP contribution in [-0.2, 0) is 9.59 Å². The number of amides is 1. The van der Waals surface area contributed by atoms with Crippen molar-refractivity contribution in [3.05, 3.63) is 99.4 Å². The number of non-ortho nitro benzene ring substituents is 1. The number of nitro benzene ring substituents is 1. The normalized spacial score (nSPS) is 17.1. The van der Waals surface area contributed by atoms with Gasteiger partial charge in [0.25, 0.3) is 11.5 Å². The maximum Gasteiger partial charge on any atom is 0.301 e. The zero-order valence-electron chi connectivity index (χ0n) is 18.5. The van der Waals surface area contributed by atoms with Crippen LogP contribution in [0.15, 0.2) is 72.3 Å². The lowest BCUT2D eigenvalue weighted by Crippen LogP contribution is -2.29. The van der Waals surface area contributed by atoms with E-state index in [0.717, 1.165) is 16.2 Å². The molecule has 1 fully saturated rings. The van der Waals surface area contributed by atoms with Crippen molar-refractivity contribution < 1.29 is 28.7 Å². The van der Waals surface area contributed by atoms with Crippen LogP contribution >= 0.6 is 11.3 Å². The number of thiazole rings is 1. The minimum atomic E-state index is -1.13. The molecule has 2 heterocycles. The van der Waals surface area contributed by atoms with Crippen molar-refractivity contribution in [1.29, 1.82) is 0 Å². The maximum atomic E-state index is 13.8. The Morgan fingerprint density at radius 2 is 1.81 bits per heavy atom. The molecule has 4 aromatic rings. The van der Waals surface area contributed by atoms with E-state index < -0.39 is 34.2 Å². The van der Waals surface area contributed by atoms with Crippen LogP contribution in [0.5, 0.6) is 5.75 Å². The predicted molar refractivity (Wildman–Crippen MR) is 130 cm³/mol. The predicted octanol–water partition coefficient (Wildman–Crippen LogP) is 4.98. The molecule has 0 aliphatic carbocycles. The fourth-order valence-electron chi connectivity index (χ4n) is 4.02. The first kappa shape index (κ1) is 23.1. The largest absolute Gasteiger partial charge is 0.507 e. The Morgan fingerprint density at radius 3 is 2.44 bits per heavy atom. The number of methoxy groups -OCH3 is 1. The Labute approximate surface area is 206 Å². The number of carbonyl (C=O) groups excluding carboxylic acids is 2. The summed E-state index contributed by atoms with van der Waals surface area (Å²) in [5, 5.41) is 22.4. The van der Waals surface area contributed by atoms with E-state index in [1.54, 1.807) is 12.1 Å². The van der Waals surface area contributed by atoms with Gasteiger partial charge in [-0.25, -0.2) is 9.37 Å².